The standard InChI is InChI=1S/C17H21F3N2O2S/c1-2-3-4-5-8-21-15(23)10-14-16(24)22-12-9-11(17(18,19)20)6-7-13(12)25-14/h6-7,9,14H,2-5,8,10H2,1H3,(H,21,23)(H,22,24). The summed E-state index contributed by atoms with van der Waals surface area (Å²) in [6, 6.07) is 3.23. The zero-order valence-electron chi connectivity index (χ0n) is 13.9. The number of fused-ring (bicyclic) bond motifs is 1. The Balaban J connectivity index is 1.91. The van der Waals surface area contributed by atoms with Gasteiger partial charge in [-0.1, -0.05) is 26.2 Å². The molecule has 138 valence electrons. The number of anilines is 1. The van der Waals surface area contributed by atoms with Gasteiger partial charge >= 0.3 is 6.18 Å². The van der Waals surface area contributed by atoms with E-state index in [-0.39, 0.29) is 18.0 Å². The third-order valence-corrected chi connectivity index (χ3v) is 5.12. The van der Waals surface area contributed by atoms with Crippen molar-refractivity contribution in [3.8, 4) is 0 Å². The van der Waals surface area contributed by atoms with Crippen LogP contribution in [0.25, 0.3) is 0 Å². The quantitative estimate of drug-likeness (QED) is 0.703. The number of alkyl halides is 3. The Hall–Kier alpha value is -1.70. The molecular formula is C17H21F3N2O2S. The Morgan fingerprint density at radius 2 is 2.04 bits per heavy atom. The van der Waals surface area contributed by atoms with Crippen molar-refractivity contribution in [1.82, 2.24) is 5.32 Å². The van der Waals surface area contributed by atoms with Crippen molar-refractivity contribution in [2.24, 2.45) is 0 Å². The fraction of sp³-hybridized carbons (Fsp3) is 0.529. The summed E-state index contributed by atoms with van der Waals surface area (Å²) < 4.78 is 38.2. The number of hydrogen-bond acceptors (Lipinski definition) is 3. The number of hydrogen-bond donors (Lipinski definition) is 2. The molecule has 2 N–H and O–H groups in total. The second-order valence-corrected chi connectivity index (χ2v) is 7.16. The summed E-state index contributed by atoms with van der Waals surface area (Å²) in [7, 11) is 0. The van der Waals surface area contributed by atoms with Gasteiger partial charge in [-0.3, -0.25) is 9.59 Å². The van der Waals surface area contributed by atoms with Gasteiger partial charge in [0.15, 0.2) is 0 Å². The van der Waals surface area contributed by atoms with Crippen molar-refractivity contribution in [2.75, 3.05) is 11.9 Å². The molecular weight excluding hydrogens is 353 g/mol. The molecule has 0 saturated heterocycles. The van der Waals surface area contributed by atoms with Crippen LogP contribution in [0.3, 0.4) is 0 Å². The Morgan fingerprint density at radius 1 is 1.28 bits per heavy atom. The maximum absolute atomic E-state index is 12.7. The Bertz CT molecular complexity index is 635. The summed E-state index contributed by atoms with van der Waals surface area (Å²) in [5.74, 6) is -0.669. The molecule has 1 atom stereocenters. The molecule has 0 spiro atoms. The lowest BCUT2D eigenvalue weighted by Crippen LogP contribution is -2.35. The van der Waals surface area contributed by atoms with E-state index in [4.69, 9.17) is 0 Å². The topological polar surface area (TPSA) is 58.2 Å². The maximum Gasteiger partial charge on any atom is 0.416 e. The number of nitrogens with one attached hydrogen (secondary N) is 2. The largest absolute Gasteiger partial charge is 0.416 e. The first-order valence-electron chi connectivity index (χ1n) is 8.26. The number of amides is 2. The summed E-state index contributed by atoms with van der Waals surface area (Å²) in [5, 5.41) is 4.61. The lowest BCUT2D eigenvalue weighted by molar-refractivity contribution is -0.137. The van der Waals surface area contributed by atoms with Crippen LogP contribution >= 0.6 is 11.8 Å². The van der Waals surface area contributed by atoms with E-state index in [1.165, 1.54) is 6.07 Å². The van der Waals surface area contributed by atoms with Crippen LogP contribution in [0.4, 0.5) is 18.9 Å². The van der Waals surface area contributed by atoms with Crippen LogP contribution in [0.2, 0.25) is 0 Å². The molecule has 1 aliphatic heterocycles. The molecule has 1 aromatic carbocycles. The normalized spacial score (nSPS) is 17.0. The van der Waals surface area contributed by atoms with E-state index in [9.17, 15) is 22.8 Å². The highest BCUT2D eigenvalue weighted by atomic mass is 32.2. The van der Waals surface area contributed by atoms with Crippen molar-refractivity contribution < 1.29 is 22.8 Å². The van der Waals surface area contributed by atoms with Crippen LogP contribution in [0.1, 0.15) is 44.6 Å². The zero-order chi connectivity index (χ0) is 18.4. The molecule has 0 fully saturated rings. The summed E-state index contributed by atoms with van der Waals surface area (Å²) in [4.78, 5) is 24.5. The number of carbonyl (C=O) groups excluding carboxylic acids is 2. The average molecular weight is 374 g/mol. The summed E-state index contributed by atoms with van der Waals surface area (Å²) in [5.41, 5.74) is -0.670. The molecule has 0 aromatic heterocycles. The zero-order valence-corrected chi connectivity index (χ0v) is 14.7. The van der Waals surface area contributed by atoms with E-state index in [2.05, 4.69) is 17.6 Å². The van der Waals surface area contributed by atoms with Crippen LogP contribution in [0, 0.1) is 0 Å². The minimum absolute atomic E-state index is 0.00470. The van der Waals surface area contributed by atoms with Gasteiger partial charge in [0.25, 0.3) is 0 Å². The van der Waals surface area contributed by atoms with E-state index in [1.807, 2.05) is 0 Å². The molecule has 8 heteroatoms. The number of halogens is 3. The highest BCUT2D eigenvalue weighted by Crippen LogP contribution is 2.40. The van der Waals surface area contributed by atoms with Gasteiger partial charge < -0.3 is 10.6 Å². The molecule has 1 aromatic rings. The first kappa shape index (κ1) is 19.6. The van der Waals surface area contributed by atoms with Gasteiger partial charge in [0.1, 0.15) is 0 Å². The van der Waals surface area contributed by atoms with Crippen LogP contribution in [0.15, 0.2) is 23.1 Å². The molecule has 4 nitrogen and oxygen atoms in total. The second kappa shape index (κ2) is 8.60. The summed E-state index contributed by atoms with van der Waals surface area (Å²) in [6.45, 7) is 2.68. The predicted molar refractivity (Wildman–Crippen MR) is 91.5 cm³/mol. The summed E-state index contributed by atoms with van der Waals surface area (Å²) in [6.07, 6.45) is -0.281. The molecule has 1 unspecified atom stereocenters. The summed E-state index contributed by atoms with van der Waals surface area (Å²) >= 11 is 1.12. The highest BCUT2D eigenvalue weighted by molar-refractivity contribution is 8.01. The first-order chi connectivity index (χ1) is 11.8. The minimum atomic E-state index is -4.46. The lowest BCUT2D eigenvalue weighted by Gasteiger charge is -2.24. The smallest absolute Gasteiger partial charge is 0.356 e. The Morgan fingerprint density at radius 3 is 2.72 bits per heavy atom. The number of rotatable bonds is 7. The van der Waals surface area contributed by atoms with Crippen LogP contribution < -0.4 is 10.6 Å². The van der Waals surface area contributed by atoms with E-state index >= 15 is 0 Å². The molecule has 0 radical (unpaired) electrons. The number of benzene rings is 1. The lowest BCUT2D eigenvalue weighted by atomic mass is 10.1. The molecule has 0 bridgehead atoms. The minimum Gasteiger partial charge on any atom is -0.356 e. The highest BCUT2D eigenvalue weighted by Gasteiger charge is 2.34. The first-order valence-corrected chi connectivity index (χ1v) is 9.14. The van der Waals surface area contributed by atoms with Gasteiger partial charge in [-0.25, -0.2) is 0 Å². The van der Waals surface area contributed by atoms with Crippen molar-refractivity contribution in [2.45, 2.75) is 55.3 Å². The monoisotopic (exact) mass is 374 g/mol. The molecule has 2 rings (SSSR count). The van der Waals surface area contributed by atoms with Gasteiger partial charge in [0, 0.05) is 17.9 Å². The van der Waals surface area contributed by atoms with Gasteiger partial charge in [-0.2, -0.15) is 13.2 Å². The molecule has 1 aliphatic rings. The molecule has 2 amide bonds. The number of carbonyl (C=O) groups is 2. The van der Waals surface area contributed by atoms with Crippen molar-refractivity contribution in [3.05, 3.63) is 23.8 Å². The molecule has 25 heavy (non-hydrogen) atoms. The average Bonchev–Trinajstić information content (AvgIpc) is 2.54. The van der Waals surface area contributed by atoms with Crippen molar-refractivity contribution >= 4 is 29.3 Å². The van der Waals surface area contributed by atoms with Crippen LogP contribution in [0.5, 0.6) is 0 Å². The van der Waals surface area contributed by atoms with Crippen molar-refractivity contribution in [3.63, 3.8) is 0 Å². The number of unbranched alkanes of at least 4 members (excludes halogenated alkanes) is 3. The van der Waals surface area contributed by atoms with E-state index < -0.39 is 22.9 Å². The predicted octanol–water partition coefficient (Wildman–Crippen LogP) is 4.20. The molecule has 1 heterocycles. The van der Waals surface area contributed by atoms with E-state index in [0.29, 0.717) is 11.4 Å². The van der Waals surface area contributed by atoms with Gasteiger partial charge in [0.05, 0.1) is 16.5 Å². The van der Waals surface area contributed by atoms with Gasteiger partial charge in [0.2, 0.25) is 11.8 Å². The third kappa shape index (κ3) is 5.66. The van der Waals surface area contributed by atoms with Crippen LogP contribution in [-0.4, -0.2) is 23.6 Å². The fourth-order valence-corrected chi connectivity index (χ4v) is 3.57. The van der Waals surface area contributed by atoms with Crippen LogP contribution in [-0.2, 0) is 15.8 Å². The molecule has 0 saturated carbocycles. The fourth-order valence-electron chi connectivity index (χ4n) is 2.48. The van der Waals surface area contributed by atoms with Gasteiger partial charge in [-0.15, -0.1) is 11.8 Å². The molecule has 0 aliphatic carbocycles. The van der Waals surface area contributed by atoms with E-state index in [0.717, 1.165) is 49.6 Å². The SMILES string of the molecule is CCCCCCNC(=O)CC1Sc2ccc(C(F)(F)F)cc2NC1=O. The van der Waals surface area contributed by atoms with Crippen molar-refractivity contribution in [1.29, 1.82) is 0 Å². The Kier molecular flexibility index (Phi) is 6.75. The van der Waals surface area contributed by atoms with E-state index in [1.54, 1.807) is 0 Å². The Labute approximate surface area is 148 Å². The number of thioether (sulfide) groups is 1. The maximum atomic E-state index is 12.7. The second-order valence-electron chi connectivity index (χ2n) is 5.92. The third-order valence-electron chi connectivity index (χ3n) is 3.85. The van der Waals surface area contributed by atoms with Gasteiger partial charge in [-0.05, 0) is 24.6 Å².